The number of hydrogen-bond donors (Lipinski definition) is 3. The summed E-state index contributed by atoms with van der Waals surface area (Å²) in [5.74, 6) is 5.99. The molecule has 0 aliphatic carbocycles. The number of carbonyl (C=O) groups is 3. The molecule has 0 aromatic heterocycles. The minimum absolute atomic E-state index is 0.216. The van der Waals surface area contributed by atoms with Crippen molar-refractivity contribution in [1.82, 2.24) is 0 Å². The molecule has 0 saturated heterocycles. The van der Waals surface area contributed by atoms with Gasteiger partial charge in [-0.15, -0.1) is 0 Å². The van der Waals surface area contributed by atoms with E-state index in [-0.39, 0.29) is 12.8 Å². The maximum absolute atomic E-state index is 11.0. The van der Waals surface area contributed by atoms with Crippen LogP contribution < -0.4 is 11.8 Å². The third-order valence-corrected chi connectivity index (χ3v) is 1.42. The fourth-order valence-corrected chi connectivity index (χ4v) is 0.777. The van der Waals surface area contributed by atoms with Crippen LogP contribution in [0, 0.1) is 5.41 Å². The molecule has 0 aromatic carbocycles. The van der Waals surface area contributed by atoms with E-state index in [1.807, 2.05) is 0 Å². The molecule has 0 radical (unpaired) electrons. The van der Waals surface area contributed by atoms with Crippen molar-refractivity contribution in [2.75, 3.05) is 13.2 Å². The molecule has 0 saturated carbocycles. The maximum atomic E-state index is 11.0. The van der Waals surface area contributed by atoms with Crippen LogP contribution in [0.5, 0.6) is 0 Å². The van der Waals surface area contributed by atoms with Crippen molar-refractivity contribution in [1.29, 1.82) is 5.41 Å². The van der Waals surface area contributed by atoms with E-state index in [1.54, 1.807) is 0 Å². The maximum Gasteiger partial charge on any atom is 0.341 e. The number of esters is 3. The summed E-state index contributed by atoms with van der Waals surface area (Å²) in [5, 5.41) is 7.18. The Morgan fingerprint density at radius 2 is 1.33 bits per heavy atom. The quantitative estimate of drug-likeness (QED) is 0.157. The van der Waals surface area contributed by atoms with Crippen LogP contribution in [0.3, 0.4) is 0 Å². The highest BCUT2D eigenvalue weighted by atomic mass is 16.7. The number of ether oxygens (including phenoxy) is 2. The number of nitrogens with one attached hydrogen (secondary N) is 1. The van der Waals surface area contributed by atoms with Crippen molar-refractivity contribution in [3.05, 3.63) is 0 Å². The number of hydrogen-bond acceptors (Lipinski definition) is 10. The average Bonchev–Trinajstić information content (AvgIpc) is 2.27. The number of nitrogens with two attached hydrogens (primary N) is 2. The van der Waals surface area contributed by atoms with E-state index in [4.69, 9.17) is 5.41 Å². The van der Waals surface area contributed by atoms with Gasteiger partial charge in [0, 0.05) is 6.42 Å². The summed E-state index contributed by atoms with van der Waals surface area (Å²) in [6.07, 6.45) is -0.530. The first kappa shape index (κ1) is 16.1. The van der Waals surface area contributed by atoms with E-state index in [0.29, 0.717) is 0 Å². The number of carbonyl (C=O) groups excluding carboxylic acids is 3. The van der Waals surface area contributed by atoms with Gasteiger partial charge in [0.2, 0.25) is 0 Å². The SMILES string of the molecule is N=C(CCC(=O)OC(=O)CON)OC(=O)CON. The number of rotatable bonds is 7. The summed E-state index contributed by atoms with van der Waals surface area (Å²) in [5.41, 5.74) is 0. The van der Waals surface area contributed by atoms with Gasteiger partial charge >= 0.3 is 17.9 Å². The van der Waals surface area contributed by atoms with E-state index in [1.165, 1.54) is 0 Å². The molecule has 0 unspecified atom stereocenters. The van der Waals surface area contributed by atoms with E-state index in [2.05, 4.69) is 30.9 Å². The van der Waals surface area contributed by atoms with Crippen LogP contribution in [0.1, 0.15) is 12.8 Å². The Balaban J connectivity index is 3.81. The summed E-state index contributed by atoms with van der Waals surface area (Å²) < 4.78 is 8.62. The topological polar surface area (TPSA) is 164 Å². The van der Waals surface area contributed by atoms with Gasteiger partial charge in [-0.1, -0.05) is 0 Å². The molecule has 0 fully saturated rings. The average molecular weight is 263 g/mol. The van der Waals surface area contributed by atoms with E-state index in [9.17, 15) is 14.4 Å². The first-order valence-electron chi connectivity index (χ1n) is 4.64. The minimum Gasteiger partial charge on any atom is -0.410 e. The lowest BCUT2D eigenvalue weighted by molar-refractivity contribution is -0.163. The van der Waals surface area contributed by atoms with Crippen LogP contribution in [0.4, 0.5) is 0 Å². The Labute approximate surface area is 102 Å². The molecular formula is C8H13N3O7. The molecule has 0 bridgehead atoms. The van der Waals surface area contributed by atoms with Gasteiger partial charge in [-0.3, -0.25) is 19.9 Å². The molecule has 0 atom stereocenters. The molecule has 10 nitrogen and oxygen atoms in total. The molecule has 0 rings (SSSR count). The summed E-state index contributed by atoms with van der Waals surface area (Å²) in [6, 6.07) is 0. The summed E-state index contributed by atoms with van der Waals surface area (Å²) in [6.45, 7) is -1.08. The van der Waals surface area contributed by atoms with Crippen LogP contribution >= 0.6 is 0 Å². The lowest BCUT2D eigenvalue weighted by Crippen LogP contribution is -2.21. The molecule has 10 heteroatoms. The van der Waals surface area contributed by atoms with Crippen LogP contribution in [-0.2, 0) is 33.5 Å². The monoisotopic (exact) mass is 263 g/mol. The second-order valence-electron chi connectivity index (χ2n) is 2.87. The van der Waals surface area contributed by atoms with Gasteiger partial charge in [0.05, 0.1) is 6.42 Å². The molecule has 0 amide bonds. The molecule has 102 valence electrons. The summed E-state index contributed by atoms with van der Waals surface area (Å²) in [7, 11) is 0. The van der Waals surface area contributed by atoms with Gasteiger partial charge in [0.15, 0.2) is 19.1 Å². The molecule has 0 aromatic rings. The van der Waals surface area contributed by atoms with Crippen LogP contribution in [0.15, 0.2) is 0 Å². The second-order valence-corrected chi connectivity index (χ2v) is 2.87. The van der Waals surface area contributed by atoms with Gasteiger partial charge < -0.3 is 9.47 Å². The Morgan fingerprint density at radius 1 is 0.833 bits per heavy atom. The normalized spacial score (nSPS) is 9.67. The first-order valence-corrected chi connectivity index (χ1v) is 4.64. The van der Waals surface area contributed by atoms with Crippen molar-refractivity contribution < 1.29 is 33.5 Å². The van der Waals surface area contributed by atoms with E-state index < -0.39 is 37.0 Å². The fourth-order valence-electron chi connectivity index (χ4n) is 0.777. The Hall–Kier alpha value is -1.88. The molecule has 0 spiro atoms. The van der Waals surface area contributed by atoms with Gasteiger partial charge in [0.1, 0.15) is 0 Å². The Morgan fingerprint density at radius 3 is 1.83 bits per heavy atom. The van der Waals surface area contributed by atoms with Gasteiger partial charge in [0.25, 0.3) is 0 Å². The van der Waals surface area contributed by atoms with Crippen molar-refractivity contribution in [2.45, 2.75) is 12.8 Å². The molecule has 18 heavy (non-hydrogen) atoms. The van der Waals surface area contributed by atoms with Gasteiger partial charge in [-0.05, 0) is 0 Å². The second kappa shape index (κ2) is 9.18. The Bertz CT molecular complexity index is 299. The first-order chi connectivity index (χ1) is 8.49. The van der Waals surface area contributed by atoms with Crippen molar-refractivity contribution >= 4 is 23.8 Å². The summed E-state index contributed by atoms with van der Waals surface area (Å²) >= 11 is 0. The predicted octanol–water partition coefficient (Wildman–Crippen LogP) is -1.86. The molecule has 0 heterocycles. The molecule has 0 aliphatic rings. The van der Waals surface area contributed by atoms with Crippen LogP contribution in [-0.4, -0.2) is 37.0 Å². The van der Waals surface area contributed by atoms with E-state index >= 15 is 0 Å². The van der Waals surface area contributed by atoms with Gasteiger partial charge in [-0.25, -0.2) is 21.4 Å². The standard InChI is InChI=1S/C8H13N3O7/c9-5(17-7(13)3-15-10)1-2-6(12)18-8(14)4-16-11/h9H,1-4,10-11H2. The third kappa shape index (κ3) is 8.29. The fraction of sp³-hybridized carbons (Fsp3) is 0.500. The highest BCUT2D eigenvalue weighted by molar-refractivity contribution is 5.91. The van der Waals surface area contributed by atoms with Crippen molar-refractivity contribution in [3.63, 3.8) is 0 Å². The smallest absolute Gasteiger partial charge is 0.341 e. The third-order valence-electron chi connectivity index (χ3n) is 1.42. The zero-order valence-electron chi connectivity index (χ0n) is 9.34. The lowest BCUT2D eigenvalue weighted by atomic mass is 10.3. The van der Waals surface area contributed by atoms with Crippen molar-refractivity contribution in [2.24, 2.45) is 11.8 Å². The van der Waals surface area contributed by atoms with Crippen molar-refractivity contribution in [3.8, 4) is 0 Å². The Kier molecular flexibility index (Phi) is 8.22. The molecular weight excluding hydrogens is 250 g/mol. The van der Waals surface area contributed by atoms with Crippen LogP contribution in [0.2, 0.25) is 0 Å². The van der Waals surface area contributed by atoms with Crippen LogP contribution in [0.25, 0.3) is 0 Å². The zero-order valence-corrected chi connectivity index (χ0v) is 9.34. The highest BCUT2D eigenvalue weighted by Gasteiger charge is 2.13. The minimum atomic E-state index is -0.956. The highest BCUT2D eigenvalue weighted by Crippen LogP contribution is 1.97. The lowest BCUT2D eigenvalue weighted by Gasteiger charge is -2.04. The summed E-state index contributed by atoms with van der Waals surface area (Å²) in [4.78, 5) is 40.5. The zero-order chi connectivity index (χ0) is 14.0. The van der Waals surface area contributed by atoms with Gasteiger partial charge in [-0.2, -0.15) is 0 Å². The predicted molar refractivity (Wildman–Crippen MR) is 54.4 cm³/mol. The largest absolute Gasteiger partial charge is 0.410 e. The molecule has 5 N–H and O–H groups in total. The van der Waals surface area contributed by atoms with E-state index in [0.717, 1.165) is 0 Å². The molecule has 0 aliphatic heterocycles.